The minimum absolute atomic E-state index is 0.0500. The van der Waals surface area contributed by atoms with E-state index in [0.717, 1.165) is 17.0 Å². The van der Waals surface area contributed by atoms with Crippen LogP contribution in [-0.2, 0) is 6.42 Å². The summed E-state index contributed by atoms with van der Waals surface area (Å²) in [5.41, 5.74) is 0.361. The Labute approximate surface area is 193 Å². The van der Waals surface area contributed by atoms with Gasteiger partial charge in [0, 0.05) is 43.4 Å². The molecule has 1 fully saturated rings. The van der Waals surface area contributed by atoms with Gasteiger partial charge in [0.2, 0.25) is 0 Å². The van der Waals surface area contributed by atoms with E-state index in [1.165, 1.54) is 18.2 Å². The first-order valence-electron chi connectivity index (χ1n) is 11.1. The zero-order valence-corrected chi connectivity index (χ0v) is 18.6. The lowest BCUT2D eigenvalue weighted by molar-refractivity contribution is -0.155. The number of hydrogen-bond acceptors (Lipinski definition) is 4. The lowest BCUT2D eigenvalue weighted by Crippen LogP contribution is -2.53. The summed E-state index contributed by atoms with van der Waals surface area (Å²) >= 11 is 0. The fourth-order valence-corrected chi connectivity index (χ4v) is 4.83. The molecule has 2 aliphatic rings. The number of halogens is 6. The monoisotopic (exact) mass is 488 g/mol. The highest BCUT2D eigenvalue weighted by Crippen LogP contribution is 2.43. The van der Waals surface area contributed by atoms with Crippen LogP contribution in [0.5, 0.6) is 11.5 Å². The standard InChI is InChI=1S/C24H26F6N2O2/c1-14-7-15-8-16(33)3-4-19(15)23(32(14)13-24(28,29)30)22-20(26)9-17(10-21(22)27)34-18-11-31(12-18)6-2-5-25/h3-4,8-10,14,18,23,33H,2,5-7,11-13H2,1H3/t14-,23?/m1/s1. The summed E-state index contributed by atoms with van der Waals surface area (Å²) in [6.45, 7) is 1.37. The second-order valence-corrected chi connectivity index (χ2v) is 8.97. The van der Waals surface area contributed by atoms with Gasteiger partial charge in [0.25, 0.3) is 0 Å². The Kier molecular flexibility index (Phi) is 7.00. The largest absolute Gasteiger partial charge is 0.508 e. The molecule has 4 nitrogen and oxygen atoms in total. The van der Waals surface area contributed by atoms with Crippen molar-refractivity contribution in [2.75, 3.05) is 32.9 Å². The molecule has 2 atom stereocenters. The number of alkyl halides is 4. The summed E-state index contributed by atoms with van der Waals surface area (Å²) in [6.07, 6.45) is -4.28. The van der Waals surface area contributed by atoms with Crippen molar-refractivity contribution in [1.29, 1.82) is 0 Å². The van der Waals surface area contributed by atoms with Crippen LogP contribution in [0, 0.1) is 11.6 Å². The molecular formula is C24H26F6N2O2. The van der Waals surface area contributed by atoms with Gasteiger partial charge in [0.05, 0.1) is 19.3 Å². The molecule has 0 aliphatic carbocycles. The number of phenolic OH excluding ortho intramolecular Hbond substituents is 1. The molecule has 0 spiro atoms. The fraction of sp³-hybridized carbons (Fsp3) is 0.500. The molecule has 1 saturated heterocycles. The van der Waals surface area contributed by atoms with Gasteiger partial charge in [-0.25, -0.2) is 8.78 Å². The van der Waals surface area contributed by atoms with Crippen molar-refractivity contribution in [2.45, 2.75) is 44.1 Å². The van der Waals surface area contributed by atoms with Crippen LogP contribution in [0.15, 0.2) is 30.3 Å². The van der Waals surface area contributed by atoms with Crippen LogP contribution >= 0.6 is 0 Å². The van der Waals surface area contributed by atoms with Gasteiger partial charge in [-0.1, -0.05) is 6.07 Å². The molecule has 34 heavy (non-hydrogen) atoms. The van der Waals surface area contributed by atoms with E-state index in [1.54, 1.807) is 6.92 Å². The number of fused-ring (bicyclic) bond motifs is 1. The smallest absolute Gasteiger partial charge is 0.401 e. The number of benzene rings is 2. The Hall–Kier alpha value is -2.46. The number of nitrogens with zero attached hydrogens (tertiary/aromatic N) is 2. The van der Waals surface area contributed by atoms with Crippen molar-refractivity contribution >= 4 is 0 Å². The Balaban J connectivity index is 1.64. The van der Waals surface area contributed by atoms with E-state index in [2.05, 4.69) is 0 Å². The molecule has 4 rings (SSSR count). The number of phenols is 1. The minimum Gasteiger partial charge on any atom is -0.508 e. The molecule has 2 aromatic carbocycles. The van der Waals surface area contributed by atoms with Crippen LogP contribution in [0.4, 0.5) is 26.3 Å². The van der Waals surface area contributed by atoms with Crippen LogP contribution in [0.25, 0.3) is 0 Å². The first kappa shape index (κ1) is 24.7. The molecule has 0 radical (unpaired) electrons. The fourth-order valence-electron chi connectivity index (χ4n) is 4.83. The van der Waals surface area contributed by atoms with Gasteiger partial charge in [0.1, 0.15) is 29.2 Å². The number of hydrogen-bond donors (Lipinski definition) is 1. The lowest BCUT2D eigenvalue weighted by Gasteiger charge is -2.42. The van der Waals surface area contributed by atoms with Crippen LogP contribution in [0.1, 0.15) is 36.1 Å². The van der Waals surface area contributed by atoms with Gasteiger partial charge in [-0.3, -0.25) is 14.2 Å². The van der Waals surface area contributed by atoms with E-state index in [1.807, 2.05) is 4.90 Å². The Bertz CT molecular complexity index is 1000. The maximum atomic E-state index is 15.3. The first-order valence-corrected chi connectivity index (χ1v) is 11.1. The molecule has 0 amide bonds. The average molecular weight is 488 g/mol. The maximum Gasteiger partial charge on any atom is 0.401 e. The van der Waals surface area contributed by atoms with Crippen molar-refractivity contribution in [3.05, 3.63) is 58.7 Å². The highest BCUT2D eigenvalue weighted by molar-refractivity contribution is 5.46. The third-order valence-corrected chi connectivity index (χ3v) is 6.36. The van der Waals surface area contributed by atoms with Crippen molar-refractivity contribution < 1.29 is 36.2 Å². The van der Waals surface area contributed by atoms with E-state index in [-0.39, 0.29) is 24.0 Å². The normalized spacial score (nSPS) is 21.9. The Morgan fingerprint density at radius 3 is 2.38 bits per heavy atom. The molecule has 2 aromatic rings. The zero-order chi connectivity index (χ0) is 24.6. The van der Waals surface area contributed by atoms with Gasteiger partial charge in [-0.05, 0) is 43.0 Å². The van der Waals surface area contributed by atoms with Crippen LogP contribution < -0.4 is 4.74 Å². The number of rotatable bonds is 7. The third kappa shape index (κ3) is 5.27. The summed E-state index contributed by atoms with van der Waals surface area (Å²) in [6, 6.07) is 4.11. The van der Waals surface area contributed by atoms with Crippen LogP contribution in [0.3, 0.4) is 0 Å². The minimum atomic E-state index is -4.57. The molecule has 1 N–H and O–H groups in total. The van der Waals surface area contributed by atoms with Gasteiger partial charge in [-0.15, -0.1) is 0 Å². The maximum absolute atomic E-state index is 15.3. The lowest BCUT2D eigenvalue weighted by atomic mass is 9.84. The number of aromatic hydroxyl groups is 1. The number of ether oxygens (including phenoxy) is 1. The number of likely N-dealkylation sites (tertiary alicyclic amines) is 1. The Morgan fingerprint density at radius 2 is 1.76 bits per heavy atom. The summed E-state index contributed by atoms with van der Waals surface area (Å²) in [5.74, 6) is -2.13. The second kappa shape index (κ2) is 9.65. The average Bonchev–Trinajstić information content (AvgIpc) is 2.70. The molecule has 2 heterocycles. The highest BCUT2D eigenvalue weighted by atomic mass is 19.4. The van der Waals surface area contributed by atoms with E-state index in [0.29, 0.717) is 37.2 Å². The third-order valence-electron chi connectivity index (χ3n) is 6.36. The van der Waals surface area contributed by atoms with Gasteiger partial charge < -0.3 is 9.84 Å². The molecular weight excluding hydrogens is 462 g/mol. The second-order valence-electron chi connectivity index (χ2n) is 8.97. The van der Waals surface area contributed by atoms with Crippen molar-refractivity contribution in [1.82, 2.24) is 9.80 Å². The van der Waals surface area contributed by atoms with Crippen LogP contribution in [-0.4, -0.2) is 66.1 Å². The van der Waals surface area contributed by atoms with Crippen molar-refractivity contribution in [3.8, 4) is 11.5 Å². The highest BCUT2D eigenvalue weighted by Gasteiger charge is 2.42. The summed E-state index contributed by atoms with van der Waals surface area (Å²) < 4.78 is 88.7. The molecule has 0 bridgehead atoms. The van der Waals surface area contributed by atoms with Gasteiger partial charge in [0.15, 0.2) is 0 Å². The predicted molar refractivity (Wildman–Crippen MR) is 114 cm³/mol. The zero-order valence-electron chi connectivity index (χ0n) is 18.6. The molecule has 1 unspecified atom stereocenters. The SMILES string of the molecule is C[C@@H]1Cc2cc(O)ccc2C(c2c(F)cc(OC3CN(CCCF)C3)cc2F)N1CC(F)(F)F. The molecule has 186 valence electrons. The summed E-state index contributed by atoms with van der Waals surface area (Å²) in [5, 5.41) is 9.83. The van der Waals surface area contributed by atoms with E-state index in [9.17, 15) is 22.7 Å². The van der Waals surface area contributed by atoms with Crippen molar-refractivity contribution in [2.24, 2.45) is 0 Å². The molecule has 10 heteroatoms. The molecule has 0 saturated carbocycles. The Morgan fingerprint density at radius 1 is 1.09 bits per heavy atom. The molecule has 2 aliphatic heterocycles. The predicted octanol–water partition coefficient (Wildman–Crippen LogP) is 4.99. The van der Waals surface area contributed by atoms with E-state index < -0.39 is 48.7 Å². The van der Waals surface area contributed by atoms with E-state index >= 15 is 8.78 Å². The van der Waals surface area contributed by atoms with E-state index in [4.69, 9.17) is 4.74 Å². The molecule has 0 aromatic heterocycles. The summed E-state index contributed by atoms with van der Waals surface area (Å²) in [7, 11) is 0. The van der Waals surface area contributed by atoms with Gasteiger partial charge in [-0.2, -0.15) is 13.2 Å². The summed E-state index contributed by atoms with van der Waals surface area (Å²) in [4.78, 5) is 2.99. The first-order chi connectivity index (χ1) is 16.1. The topological polar surface area (TPSA) is 35.9 Å². The van der Waals surface area contributed by atoms with Crippen LogP contribution in [0.2, 0.25) is 0 Å². The van der Waals surface area contributed by atoms with Gasteiger partial charge >= 0.3 is 6.18 Å². The quantitative estimate of drug-likeness (QED) is 0.557. The van der Waals surface area contributed by atoms with Crippen molar-refractivity contribution in [3.63, 3.8) is 0 Å².